The lowest BCUT2D eigenvalue weighted by Gasteiger charge is -1.98. The molecule has 3 N–H and O–H groups in total. The Balaban J connectivity index is 3.32. The summed E-state index contributed by atoms with van der Waals surface area (Å²) in [7, 11) is 0. The van der Waals surface area contributed by atoms with E-state index in [1.165, 1.54) is 11.8 Å². The van der Waals surface area contributed by atoms with Crippen molar-refractivity contribution in [1.82, 2.24) is 9.97 Å². The highest BCUT2D eigenvalue weighted by atomic mass is 79.9. The number of rotatable bonds is 1. The minimum absolute atomic E-state index is 0.220. The van der Waals surface area contributed by atoms with E-state index in [-0.39, 0.29) is 15.8 Å². The maximum atomic E-state index is 11.0. The predicted molar refractivity (Wildman–Crippen MR) is 48.8 cm³/mol. The molecule has 0 aromatic carbocycles. The van der Waals surface area contributed by atoms with Gasteiger partial charge in [-0.25, -0.2) is 4.98 Å². The van der Waals surface area contributed by atoms with Gasteiger partial charge in [-0.2, -0.15) is 0 Å². The monoisotopic (exact) mass is 235 g/mol. The predicted octanol–water partition coefficient (Wildman–Crippen LogP) is 0.837. The average molecular weight is 236 g/mol. The molecule has 0 aliphatic heterocycles. The number of H-pyrrole nitrogens is 1. The lowest BCUT2D eigenvalue weighted by Crippen LogP contribution is -2.12. The Hall–Kier alpha value is -0.490. The number of thioether (sulfide) groups is 1. The van der Waals surface area contributed by atoms with Gasteiger partial charge in [-0.3, -0.25) is 4.79 Å². The van der Waals surface area contributed by atoms with Crippen molar-refractivity contribution in [3.63, 3.8) is 0 Å². The molecule has 0 saturated heterocycles. The molecule has 0 unspecified atom stereocenters. The van der Waals surface area contributed by atoms with Gasteiger partial charge in [0.25, 0.3) is 5.56 Å². The van der Waals surface area contributed by atoms with Gasteiger partial charge in [-0.05, 0) is 22.2 Å². The van der Waals surface area contributed by atoms with Crippen LogP contribution in [0.15, 0.2) is 14.4 Å². The summed E-state index contributed by atoms with van der Waals surface area (Å²) in [6.45, 7) is 0. The van der Waals surface area contributed by atoms with Crippen molar-refractivity contribution in [2.75, 3.05) is 12.0 Å². The van der Waals surface area contributed by atoms with Crippen LogP contribution in [0.25, 0.3) is 0 Å². The highest BCUT2D eigenvalue weighted by molar-refractivity contribution is 9.10. The largest absolute Gasteiger partial charge is 0.383 e. The molecule has 0 spiro atoms. The summed E-state index contributed by atoms with van der Waals surface area (Å²) in [6, 6.07) is 0. The molecule has 0 atom stereocenters. The lowest BCUT2D eigenvalue weighted by molar-refractivity contribution is 0.938. The Labute approximate surface area is 75.7 Å². The van der Waals surface area contributed by atoms with Crippen molar-refractivity contribution in [3.8, 4) is 0 Å². The van der Waals surface area contributed by atoms with Gasteiger partial charge in [0.1, 0.15) is 10.3 Å². The summed E-state index contributed by atoms with van der Waals surface area (Å²) < 4.78 is 0.287. The molecule has 11 heavy (non-hydrogen) atoms. The van der Waals surface area contributed by atoms with Crippen LogP contribution < -0.4 is 11.3 Å². The van der Waals surface area contributed by atoms with E-state index in [1.54, 1.807) is 0 Å². The lowest BCUT2D eigenvalue weighted by atomic mass is 10.6. The Bertz CT molecular complexity index is 324. The van der Waals surface area contributed by atoms with E-state index in [2.05, 4.69) is 25.9 Å². The molecule has 60 valence electrons. The van der Waals surface area contributed by atoms with Crippen molar-refractivity contribution in [1.29, 1.82) is 0 Å². The fourth-order valence-electron chi connectivity index (χ4n) is 0.551. The Morgan fingerprint density at radius 3 is 2.82 bits per heavy atom. The Morgan fingerprint density at radius 2 is 2.36 bits per heavy atom. The fourth-order valence-corrected chi connectivity index (χ4v) is 1.12. The highest BCUT2D eigenvalue weighted by Crippen LogP contribution is 2.13. The van der Waals surface area contributed by atoms with E-state index in [1.807, 2.05) is 6.26 Å². The number of nitrogens with two attached hydrogens (primary N) is 1. The van der Waals surface area contributed by atoms with Crippen LogP contribution in [0.2, 0.25) is 0 Å². The smallest absolute Gasteiger partial charge is 0.268 e. The van der Waals surface area contributed by atoms with Gasteiger partial charge in [0.2, 0.25) is 0 Å². The standard InChI is InChI=1S/C5H6BrN3OS/c1-11-5-8-3(7)2(6)4(10)9-5/h1H3,(H3,7,8,9,10). The molecule has 1 aromatic heterocycles. The van der Waals surface area contributed by atoms with Crippen LogP contribution in [0, 0.1) is 0 Å². The second-order valence-corrected chi connectivity index (χ2v) is 3.36. The normalized spacial score (nSPS) is 10.0. The second-order valence-electron chi connectivity index (χ2n) is 1.77. The number of nitrogens with zero attached hydrogens (tertiary/aromatic N) is 1. The molecule has 0 saturated carbocycles. The average Bonchev–Trinajstić information content (AvgIpc) is 1.99. The third-order valence-electron chi connectivity index (χ3n) is 1.06. The summed E-state index contributed by atoms with van der Waals surface area (Å²) in [5.74, 6) is 0.220. The molecule has 0 bridgehead atoms. The molecule has 1 rings (SSSR count). The number of nitrogens with one attached hydrogen (secondary N) is 1. The van der Waals surface area contributed by atoms with Gasteiger partial charge >= 0.3 is 0 Å². The van der Waals surface area contributed by atoms with E-state index in [0.29, 0.717) is 5.16 Å². The minimum atomic E-state index is -0.248. The Morgan fingerprint density at radius 1 is 1.73 bits per heavy atom. The maximum absolute atomic E-state index is 11.0. The zero-order chi connectivity index (χ0) is 8.43. The fraction of sp³-hybridized carbons (Fsp3) is 0.200. The van der Waals surface area contributed by atoms with Gasteiger partial charge in [0, 0.05) is 0 Å². The van der Waals surface area contributed by atoms with Crippen LogP contribution in [0.1, 0.15) is 0 Å². The Kier molecular flexibility index (Phi) is 2.56. The quantitative estimate of drug-likeness (QED) is 0.559. The number of aromatic nitrogens is 2. The number of hydrogen-bond acceptors (Lipinski definition) is 4. The van der Waals surface area contributed by atoms with E-state index in [0.717, 1.165) is 0 Å². The van der Waals surface area contributed by atoms with E-state index in [4.69, 9.17) is 5.73 Å². The number of aromatic amines is 1. The molecular formula is C5H6BrN3OS. The molecule has 0 amide bonds. The number of nitrogen functional groups attached to an aromatic ring is 1. The topological polar surface area (TPSA) is 71.8 Å². The summed E-state index contributed by atoms with van der Waals surface area (Å²) in [5.41, 5.74) is 5.16. The molecule has 6 heteroatoms. The van der Waals surface area contributed by atoms with Gasteiger partial charge < -0.3 is 10.7 Å². The van der Waals surface area contributed by atoms with Crippen LogP contribution in [0.5, 0.6) is 0 Å². The molecule has 0 fully saturated rings. The molecule has 1 aromatic rings. The van der Waals surface area contributed by atoms with E-state index < -0.39 is 0 Å². The van der Waals surface area contributed by atoms with E-state index in [9.17, 15) is 4.79 Å². The summed E-state index contributed by atoms with van der Waals surface area (Å²) in [5, 5.41) is 0.524. The summed E-state index contributed by atoms with van der Waals surface area (Å²) in [4.78, 5) is 17.4. The first kappa shape index (κ1) is 8.61. The summed E-state index contributed by atoms with van der Waals surface area (Å²) >= 11 is 4.34. The van der Waals surface area contributed by atoms with Crippen LogP contribution in [0.4, 0.5) is 5.82 Å². The van der Waals surface area contributed by atoms with Crippen molar-refractivity contribution >= 4 is 33.5 Å². The molecule has 0 radical (unpaired) electrons. The number of anilines is 1. The first-order valence-corrected chi connectivity index (χ1v) is 4.76. The second kappa shape index (κ2) is 3.27. The van der Waals surface area contributed by atoms with Gasteiger partial charge in [-0.15, -0.1) is 0 Å². The summed E-state index contributed by atoms with van der Waals surface area (Å²) in [6.07, 6.45) is 1.81. The third kappa shape index (κ3) is 1.75. The van der Waals surface area contributed by atoms with Crippen molar-refractivity contribution < 1.29 is 0 Å². The van der Waals surface area contributed by atoms with Gasteiger partial charge in [0.15, 0.2) is 5.16 Å². The number of hydrogen-bond donors (Lipinski definition) is 2. The first-order chi connectivity index (χ1) is 5.15. The molecular weight excluding hydrogens is 230 g/mol. The van der Waals surface area contributed by atoms with Crippen molar-refractivity contribution in [3.05, 3.63) is 14.8 Å². The van der Waals surface area contributed by atoms with Crippen molar-refractivity contribution in [2.24, 2.45) is 0 Å². The van der Waals surface area contributed by atoms with Crippen LogP contribution >= 0.6 is 27.7 Å². The SMILES string of the molecule is CSc1nc(N)c(Br)c(=O)[nH]1. The third-order valence-corrected chi connectivity index (χ3v) is 2.41. The molecule has 0 aliphatic rings. The minimum Gasteiger partial charge on any atom is -0.383 e. The zero-order valence-electron chi connectivity index (χ0n) is 5.72. The van der Waals surface area contributed by atoms with Gasteiger partial charge in [0.05, 0.1) is 0 Å². The number of halogens is 1. The van der Waals surface area contributed by atoms with E-state index >= 15 is 0 Å². The zero-order valence-corrected chi connectivity index (χ0v) is 8.12. The maximum Gasteiger partial charge on any atom is 0.268 e. The van der Waals surface area contributed by atoms with Crippen LogP contribution in [-0.4, -0.2) is 16.2 Å². The highest BCUT2D eigenvalue weighted by Gasteiger charge is 2.03. The van der Waals surface area contributed by atoms with Crippen LogP contribution in [0.3, 0.4) is 0 Å². The first-order valence-electron chi connectivity index (χ1n) is 2.74. The van der Waals surface area contributed by atoms with Gasteiger partial charge in [-0.1, -0.05) is 11.8 Å². The molecule has 0 aliphatic carbocycles. The van der Waals surface area contributed by atoms with Crippen molar-refractivity contribution in [2.45, 2.75) is 5.16 Å². The molecule has 4 nitrogen and oxygen atoms in total. The van der Waals surface area contributed by atoms with Crippen LogP contribution in [-0.2, 0) is 0 Å². The molecule has 1 heterocycles.